The van der Waals surface area contributed by atoms with E-state index in [1.165, 1.54) is 0 Å². The van der Waals surface area contributed by atoms with E-state index in [2.05, 4.69) is 10.3 Å². The molecule has 5 nitrogen and oxygen atoms in total. The van der Waals surface area contributed by atoms with E-state index in [0.29, 0.717) is 19.5 Å². The lowest BCUT2D eigenvalue weighted by atomic mass is 10.3. The quantitative estimate of drug-likeness (QED) is 0.739. The van der Waals surface area contributed by atoms with Gasteiger partial charge in [-0.3, -0.25) is 4.79 Å². The van der Waals surface area contributed by atoms with Crippen molar-refractivity contribution in [1.82, 2.24) is 14.9 Å². The van der Waals surface area contributed by atoms with Gasteiger partial charge in [-0.1, -0.05) is 12.1 Å². The largest absolute Gasteiger partial charge is 0.396 e. The summed E-state index contributed by atoms with van der Waals surface area (Å²) in [6, 6.07) is 7.88. The summed E-state index contributed by atoms with van der Waals surface area (Å²) in [6.45, 7) is 1.44. The Balaban J connectivity index is 1.80. The number of amides is 1. The second-order valence-electron chi connectivity index (χ2n) is 4.46. The molecule has 0 aliphatic carbocycles. The van der Waals surface area contributed by atoms with Gasteiger partial charge in [-0.15, -0.1) is 0 Å². The SMILES string of the molecule is O=C(CCn1cnc2ccccc21)NCCCCO. The third-order valence-electron chi connectivity index (χ3n) is 3.01. The van der Waals surface area contributed by atoms with Gasteiger partial charge in [0, 0.05) is 26.1 Å². The van der Waals surface area contributed by atoms with Crippen LogP contribution in [-0.4, -0.2) is 33.7 Å². The predicted molar refractivity (Wildman–Crippen MR) is 73.7 cm³/mol. The molecular formula is C14H19N3O2. The first-order valence-electron chi connectivity index (χ1n) is 6.58. The van der Waals surface area contributed by atoms with Gasteiger partial charge < -0.3 is 15.0 Å². The van der Waals surface area contributed by atoms with Crippen LogP contribution < -0.4 is 5.32 Å². The summed E-state index contributed by atoms with van der Waals surface area (Å²) in [5, 5.41) is 11.5. The summed E-state index contributed by atoms with van der Waals surface area (Å²) in [4.78, 5) is 15.9. The van der Waals surface area contributed by atoms with E-state index in [4.69, 9.17) is 5.11 Å². The molecule has 0 spiro atoms. The summed E-state index contributed by atoms with van der Waals surface area (Å²) < 4.78 is 1.99. The first kappa shape index (κ1) is 13.5. The van der Waals surface area contributed by atoms with Crippen LogP contribution in [0.5, 0.6) is 0 Å². The summed E-state index contributed by atoms with van der Waals surface area (Å²) in [7, 11) is 0. The fourth-order valence-electron chi connectivity index (χ4n) is 1.96. The van der Waals surface area contributed by atoms with Crippen LogP contribution in [0.1, 0.15) is 19.3 Å². The Labute approximate surface area is 112 Å². The summed E-state index contributed by atoms with van der Waals surface area (Å²) in [5.41, 5.74) is 2.00. The Kier molecular flexibility index (Phi) is 4.92. The summed E-state index contributed by atoms with van der Waals surface area (Å²) in [5.74, 6) is 0.0377. The molecule has 0 fully saturated rings. The highest BCUT2D eigenvalue weighted by molar-refractivity contribution is 5.77. The molecule has 1 heterocycles. The zero-order valence-corrected chi connectivity index (χ0v) is 10.9. The van der Waals surface area contributed by atoms with Crippen molar-refractivity contribution in [3.63, 3.8) is 0 Å². The molecule has 0 radical (unpaired) electrons. The van der Waals surface area contributed by atoms with Gasteiger partial charge in [0.1, 0.15) is 0 Å². The molecule has 19 heavy (non-hydrogen) atoms. The Hall–Kier alpha value is -1.88. The number of carbonyl (C=O) groups excluding carboxylic acids is 1. The van der Waals surface area contributed by atoms with E-state index in [1.54, 1.807) is 6.33 Å². The highest BCUT2D eigenvalue weighted by Gasteiger charge is 2.04. The molecule has 0 saturated carbocycles. The van der Waals surface area contributed by atoms with Crippen LogP contribution in [0, 0.1) is 0 Å². The smallest absolute Gasteiger partial charge is 0.221 e. The number of aryl methyl sites for hydroxylation is 1. The van der Waals surface area contributed by atoms with Crippen LogP contribution in [-0.2, 0) is 11.3 Å². The summed E-state index contributed by atoms with van der Waals surface area (Å²) in [6.07, 6.45) is 3.76. The van der Waals surface area contributed by atoms with Crippen molar-refractivity contribution in [3.05, 3.63) is 30.6 Å². The van der Waals surface area contributed by atoms with Gasteiger partial charge in [-0.2, -0.15) is 0 Å². The van der Waals surface area contributed by atoms with E-state index >= 15 is 0 Å². The zero-order valence-electron chi connectivity index (χ0n) is 10.9. The third-order valence-corrected chi connectivity index (χ3v) is 3.01. The molecule has 1 aromatic heterocycles. The number of imidazole rings is 1. The Morgan fingerprint density at radius 1 is 1.32 bits per heavy atom. The van der Waals surface area contributed by atoms with Crippen LogP contribution in [0.4, 0.5) is 0 Å². The van der Waals surface area contributed by atoms with Crippen molar-refractivity contribution in [3.8, 4) is 0 Å². The molecule has 5 heteroatoms. The van der Waals surface area contributed by atoms with Gasteiger partial charge in [0.25, 0.3) is 0 Å². The van der Waals surface area contributed by atoms with Crippen LogP contribution in [0.15, 0.2) is 30.6 Å². The number of rotatable bonds is 7. The second-order valence-corrected chi connectivity index (χ2v) is 4.46. The van der Waals surface area contributed by atoms with E-state index < -0.39 is 0 Å². The maximum atomic E-state index is 11.6. The molecule has 2 N–H and O–H groups in total. The number of unbranched alkanes of at least 4 members (excludes halogenated alkanes) is 1. The fraction of sp³-hybridized carbons (Fsp3) is 0.429. The molecular weight excluding hydrogens is 242 g/mol. The molecule has 0 aliphatic heterocycles. The minimum atomic E-state index is 0.0377. The van der Waals surface area contributed by atoms with E-state index in [9.17, 15) is 4.79 Å². The van der Waals surface area contributed by atoms with Crippen LogP contribution in [0.25, 0.3) is 11.0 Å². The zero-order chi connectivity index (χ0) is 13.5. The van der Waals surface area contributed by atoms with Gasteiger partial charge in [-0.25, -0.2) is 4.98 Å². The highest BCUT2D eigenvalue weighted by atomic mass is 16.2. The number of fused-ring (bicyclic) bond motifs is 1. The Morgan fingerprint density at radius 2 is 2.16 bits per heavy atom. The monoisotopic (exact) mass is 261 g/mol. The molecule has 1 amide bonds. The number of nitrogens with one attached hydrogen (secondary N) is 1. The number of aliphatic hydroxyl groups excluding tert-OH is 1. The van der Waals surface area contributed by atoms with E-state index in [-0.39, 0.29) is 12.5 Å². The normalized spacial score (nSPS) is 10.8. The van der Waals surface area contributed by atoms with Crippen LogP contribution in [0.3, 0.4) is 0 Å². The van der Waals surface area contributed by atoms with E-state index in [1.807, 2.05) is 28.8 Å². The predicted octanol–water partition coefficient (Wildman–Crippen LogP) is 1.32. The molecule has 2 aromatic rings. The van der Waals surface area contributed by atoms with Crippen molar-refractivity contribution in [2.75, 3.05) is 13.2 Å². The highest BCUT2D eigenvalue weighted by Crippen LogP contribution is 2.11. The number of benzene rings is 1. The molecule has 102 valence electrons. The number of nitrogens with zero attached hydrogens (tertiary/aromatic N) is 2. The molecule has 0 unspecified atom stereocenters. The fourth-order valence-corrected chi connectivity index (χ4v) is 1.96. The van der Waals surface area contributed by atoms with Gasteiger partial charge >= 0.3 is 0 Å². The standard InChI is InChI=1S/C14H19N3O2/c18-10-4-3-8-15-14(19)7-9-17-11-16-12-5-1-2-6-13(12)17/h1-2,5-6,11,18H,3-4,7-10H2,(H,15,19). The third kappa shape index (κ3) is 3.79. The minimum absolute atomic E-state index is 0.0377. The first-order chi connectivity index (χ1) is 9.31. The lowest BCUT2D eigenvalue weighted by molar-refractivity contribution is -0.121. The molecule has 0 atom stereocenters. The van der Waals surface area contributed by atoms with Gasteiger partial charge in [0.05, 0.1) is 17.4 Å². The van der Waals surface area contributed by atoms with Crippen molar-refractivity contribution in [2.45, 2.75) is 25.8 Å². The average Bonchev–Trinajstić information content (AvgIpc) is 2.85. The lowest BCUT2D eigenvalue weighted by Crippen LogP contribution is -2.25. The number of hydrogen-bond donors (Lipinski definition) is 2. The van der Waals surface area contributed by atoms with Crippen molar-refractivity contribution >= 4 is 16.9 Å². The maximum absolute atomic E-state index is 11.6. The van der Waals surface area contributed by atoms with E-state index in [0.717, 1.165) is 23.9 Å². The topological polar surface area (TPSA) is 67.2 Å². The average molecular weight is 261 g/mol. The molecule has 0 saturated heterocycles. The Morgan fingerprint density at radius 3 is 3.00 bits per heavy atom. The lowest BCUT2D eigenvalue weighted by Gasteiger charge is -2.06. The van der Waals surface area contributed by atoms with Gasteiger partial charge in [0.2, 0.25) is 5.91 Å². The molecule has 0 bridgehead atoms. The van der Waals surface area contributed by atoms with Crippen LogP contribution >= 0.6 is 0 Å². The second kappa shape index (κ2) is 6.89. The molecule has 0 aliphatic rings. The summed E-state index contributed by atoms with van der Waals surface area (Å²) >= 11 is 0. The Bertz CT molecular complexity index is 536. The number of carbonyl (C=O) groups is 1. The molecule has 2 rings (SSSR count). The number of para-hydroxylation sites is 2. The van der Waals surface area contributed by atoms with Gasteiger partial charge in [0.15, 0.2) is 0 Å². The number of aromatic nitrogens is 2. The van der Waals surface area contributed by atoms with Crippen molar-refractivity contribution < 1.29 is 9.90 Å². The maximum Gasteiger partial charge on any atom is 0.221 e. The van der Waals surface area contributed by atoms with Gasteiger partial charge in [-0.05, 0) is 25.0 Å². The van der Waals surface area contributed by atoms with Crippen molar-refractivity contribution in [2.24, 2.45) is 0 Å². The number of hydrogen-bond acceptors (Lipinski definition) is 3. The minimum Gasteiger partial charge on any atom is -0.396 e. The first-order valence-corrected chi connectivity index (χ1v) is 6.58. The van der Waals surface area contributed by atoms with Crippen LogP contribution in [0.2, 0.25) is 0 Å². The molecule has 1 aromatic carbocycles. The number of aliphatic hydroxyl groups is 1. The van der Waals surface area contributed by atoms with Crippen molar-refractivity contribution in [1.29, 1.82) is 0 Å².